The topological polar surface area (TPSA) is 89.6 Å². The first-order valence-corrected chi connectivity index (χ1v) is 11.9. The lowest BCUT2D eigenvalue weighted by atomic mass is 9.99. The van der Waals surface area contributed by atoms with Crippen molar-refractivity contribution < 1.29 is 24.0 Å². The van der Waals surface area contributed by atoms with Crippen LogP contribution in [0.3, 0.4) is 0 Å². The Kier molecular flexibility index (Phi) is 7.46. The summed E-state index contributed by atoms with van der Waals surface area (Å²) in [7, 11) is 0. The fourth-order valence-electron chi connectivity index (χ4n) is 3.84. The molecular weight excluding hydrogens is 510 g/mol. The molecule has 178 valence electrons. The molecule has 0 aliphatic carbocycles. The number of halogens is 1. The Labute approximate surface area is 211 Å². The molecule has 1 heterocycles. The molecule has 3 aromatic carbocycles. The Morgan fingerprint density at radius 3 is 2.23 bits per heavy atom. The van der Waals surface area contributed by atoms with E-state index in [9.17, 15) is 9.59 Å². The zero-order chi connectivity index (χ0) is 24.9. The Morgan fingerprint density at radius 1 is 0.971 bits per heavy atom. The van der Waals surface area contributed by atoms with Gasteiger partial charge in [0.25, 0.3) is 0 Å². The van der Waals surface area contributed by atoms with Gasteiger partial charge in [0, 0.05) is 15.6 Å². The number of aliphatic carboxylic acids is 1. The molecule has 0 aliphatic rings. The molecule has 6 nitrogen and oxygen atoms in total. The molecule has 0 spiro atoms. The highest BCUT2D eigenvalue weighted by molar-refractivity contribution is 9.10. The number of nitrogens with zero attached hydrogens (tertiary/aromatic N) is 1. The first-order chi connectivity index (χ1) is 16.8. The smallest absolute Gasteiger partial charge is 0.311 e. The van der Waals surface area contributed by atoms with Crippen molar-refractivity contribution in [1.82, 2.24) is 5.16 Å². The van der Waals surface area contributed by atoms with Crippen LogP contribution < -0.4 is 0 Å². The minimum absolute atomic E-state index is 0.00303. The van der Waals surface area contributed by atoms with E-state index in [0.29, 0.717) is 17.0 Å². The fourth-order valence-corrected chi connectivity index (χ4v) is 4.26. The highest BCUT2D eigenvalue weighted by Crippen LogP contribution is 2.30. The van der Waals surface area contributed by atoms with Gasteiger partial charge in [0.15, 0.2) is 5.76 Å². The quantitative estimate of drug-likeness (QED) is 0.258. The number of carboxylic acid groups (broad SMARTS) is 1. The lowest BCUT2D eigenvalue weighted by Gasteiger charge is -2.14. The van der Waals surface area contributed by atoms with Crippen molar-refractivity contribution in [3.05, 3.63) is 99.7 Å². The van der Waals surface area contributed by atoms with Gasteiger partial charge in [-0.15, -0.1) is 0 Å². The average Bonchev–Trinajstić information content (AvgIpc) is 3.19. The van der Waals surface area contributed by atoms with Gasteiger partial charge in [0.2, 0.25) is 0 Å². The Balaban J connectivity index is 1.48. The second-order valence-corrected chi connectivity index (χ2v) is 9.20. The van der Waals surface area contributed by atoms with Crippen LogP contribution in [-0.2, 0) is 27.2 Å². The number of carbonyl (C=O) groups excluding carboxylic acids is 1. The number of hydrogen-bond donors (Lipinski definition) is 1. The molecule has 35 heavy (non-hydrogen) atoms. The van der Waals surface area contributed by atoms with Crippen molar-refractivity contribution >= 4 is 27.9 Å². The van der Waals surface area contributed by atoms with E-state index in [1.165, 1.54) is 0 Å². The molecule has 0 fully saturated rings. The van der Waals surface area contributed by atoms with Crippen LogP contribution in [0.1, 0.15) is 35.4 Å². The van der Waals surface area contributed by atoms with E-state index in [2.05, 4.69) is 21.1 Å². The number of carbonyl (C=O) groups is 2. The number of esters is 1. The molecule has 0 aliphatic heterocycles. The Bertz CT molecular complexity index is 1340. The summed E-state index contributed by atoms with van der Waals surface area (Å²) in [5, 5.41) is 13.0. The van der Waals surface area contributed by atoms with Gasteiger partial charge < -0.3 is 14.4 Å². The van der Waals surface area contributed by atoms with Gasteiger partial charge in [-0.05, 0) is 48.2 Å². The maximum atomic E-state index is 12.7. The molecule has 0 bridgehead atoms. The molecule has 0 radical (unpaired) electrons. The van der Waals surface area contributed by atoms with E-state index < -0.39 is 5.97 Å². The summed E-state index contributed by atoms with van der Waals surface area (Å²) in [5.74, 6) is -0.673. The molecule has 1 N–H and O–H groups in total. The molecular formula is C28H24BrNO5. The predicted molar refractivity (Wildman–Crippen MR) is 136 cm³/mol. The van der Waals surface area contributed by atoms with Crippen molar-refractivity contribution in [2.75, 3.05) is 0 Å². The number of rotatable bonds is 8. The van der Waals surface area contributed by atoms with E-state index in [4.69, 9.17) is 14.4 Å². The zero-order valence-corrected chi connectivity index (χ0v) is 20.9. The van der Waals surface area contributed by atoms with Crippen LogP contribution in [-0.4, -0.2) is 22.2 Å². The summed E-state index contributed by atoms with van der Waals surface area (Å²) in [4.78, 5) is 23.6. The van der Waals surface area contributed by atoms with Gasteiger partial charge >= 0.3 is 11.9 Å². The van der Waals surface area contributed by atoms with Crippen LogP contribution in [0.2, 0.25) is 0 Å². The minimum atomic E-state index is -0.855. The fraction of sp³-hybridized carbons (Fsp3) is 0.179. The summed E-state index contributed by atoms with van der Waals surface area (Å²) in [6, 6.07) is 22.8. The van der Waals surface area contributed by atoms with Gasteiger partial charge in [-0.25, -0.2) is 0 Å². The summed E-state index contributed by atoms with van der Waals surface area (Å²) >= 11 is 3.44. The van der Waals surface area contributed by atoms with Crippen LogP contribution in [0, 0.1) is 6.92 Å². The van der Waals surface area contributed by atoms with Crippen LogP contribution in [0.5, 0.6) is 0 Å². The van der Waals surface area contributed by atoms with Gasteiger partial charge in [-0.2, -0.15) is 0 Å². The van der Waals surface area contributed by atoms with Crippen LogP contribution in [0.4, 0.5) is 0 Å². The molecule has 7 heteroatoms. The zero-order valence-electron chi connectivity index (χ0n) is 19.3. The van der Waals surface area contributed by atoms with Crippen molar-refractivity contribution in [3.8, 4) is 22.5 Å². The Hall–Kier alpha value is -3.71. The van der Waals surface area contributed by atoms with Crippen molar-refractivity contribution in [3.63, 3.8) is 0 Å². The molecule has 0 amide bonds. The lowest BCUT2D eigenvalue weighted by molar-refractivity contribution is -0.147. The van der Waals surface area contributed by atoms with E-state index in [-0.39, 0.29) is 24.9 Å². The van der Waals surface area contributed by atoms with Crippen molar-refractivity contribution in [2.45, 2.75) is 32.8 Å². The minimum Gasteiger partial charge on any atom is -0.481 e. The third-order valence-electron chi connectivity index (χ3n) is 5.72. The lowest BCUT2D eigenvalue weighted by Crippen LogP contribution is -2.12. The molecule has 1 aromatic heterocycles. The highest BCUT2D eigenvalue weighted by atomic mass is 79.9. The van der Waals surface area contributed by atoms with Crippen LogP contribution >= 0.6 is 15.9 Å². The summed E-state index contributed by atoms with van der Waals surface area (Å²) in [6.07, 6.45) is -0.336. The molecule has 0 saturated heterocycles. The van der Waals surface area contributed by atoms with Crippen LogP contribution in [0.25, 0.3) is 22.5 Å². The molecule has 4 aromatic rings. The summed E-state index contributed by atoms with van der Waals surface area (Å²) in [5.41, 5.74) is 5.76. The van der Waals surface area contributed by atoms with E-state index in [1.807, 2.05) is 79.7 Å². The molecule has 4 rings (SSSR count). The average molecular weight is 534 g/mol. The molecule has 0 saturated carbocycles. The Morgan fingerprint density at radius 2 is 1.60 bits per heavy atom. The first kappa shape index (κ1) is 24.4. The van der Waals surface area contributed by atoms with E-state index >= 15 is 0 Å². The number of benzene rings is 3. The van der Waals surface area contributed by atoms with Gasteiger partial charge in [-0.3, -0.25) is 9.59 Å². The maximum Gasteiger partial charge on any atom is 0.311 e. The summed E-state index contributed by atoms with van der Waals surface area (Å²) in [6.45, 7) is 3.65. The number of aryl methyl sites for hydroxylation is 1. The molecule has 1 atom stereocenters. The SMILES string of the molecule is Cc1noc(-c2ccc(-c3ccc(CC(=O)O)cc3)cc2)c1CC(=O)OC(C)c1cccc(Br)c1. The standard InChI is InChI=1S/C28H24BrNO5/c1-17-25(16-27(33)34-18(2)23-4-3-5-24(29)15-23)28(35-30-17)22-12-10-21(11-13-22)20-8-6-19(7-9-20)14-26(31)32/h3-13,15,18H,14,16H2,1-2H3,(H,31,32). The van der Waals surface area contributed by atoms with Gasteiger partial charge in [0.1, 0.15) is 6.10 Å². The number of ether oxygens (including phenoxy) is 1. The van der Waals surface area contributed by atoms with Crippen LogP contribution in [0.15, 0.2) is 81.8 Å². The first-order valence-electron chi connectivity index (χ1n) is 11.1. The largest absolute Gasteiger partial charge is 0.481 e. The van der Waals surface area contributed by atoms with Crippen molar-refractivity contribution in [1.29, 1.82) is 0 Å². The normalized spacial score (nSPS) is 11.7. The molecule has 1 unspecified atom stereocenters. The third-order valence-corrected chi connectivity index (χ3v) is 6.22. The van der Waals surface area contributed by atoms with E-state index in [0.717, 1.165) is 32.3 Å². The number of aromatic nitrogens is 1. The van der Waals surface area contributed by atoms with Gasteiger partial charge in [-0.1, -0.05) is 81.8 Å². The van der Waals surface area contributed by atoms with Gasteiger partial charge in [0.05, 0.1) is 18.5 Å². The predicted octanol–water partition coefficient (Wildman–Crippen LogP) is 6.55. The summed E-state index contributed by atoms with van der Waals surface area (Å²) < 4.78 is 12.1. The second-order valence-electron chi connectivity index (χ2n) is 8.28. The maximum absolute atomic E-state index is 12.7. The third kappa shape index (κ3) is 6.05. The van der Waals surface area contributed by atoms with Crippen molar-refractivity contribution in [2.24, 2.45) is 0 Å². The highest BCUT2D eigenvalue weighted by Gasteiger charge is 2.21. The van der Waals surface area contributed by atoms with E-state index in [1.54, 1.807) is 6.92 Å². The second kappa shape index (κ2) is 10.7. The number of hydrogen-bond acceptors (Lipinski definition) is 5. The number of carboxylic acids is 1. The monoisotopic (exact) mass is 533 g/mol.